The van der Waals surface area contributed by atoms with Gasteiger partial charge in [-0.05, 0) is 19.3 Å². The Morgan fingerprint density at radius 3 is 2.35 bits per heavy atom. The van der Waals surface area contributed by atoms with Gasteiger partial charge in [-0.3, -0.25) is 11.4 Å². The Balaban J connectivity index is 0.00000200. The fraction of sp³-hybridized carbons (Fsp3) is 0.800. The maximum Gasteiger partial charge on any atom is 0.168 e. The molecular weight excluding hydrogens is 347 g/mol. The van der Waals surface area contributed by atoms with E-state index < -0.39 is 5.97 Å². The molecule has 20 heavy (non-hydrogen) atoms. The van der Waals surface area contributed by atoms with Crippen molar-refractivity contribution in [3.05, 3.63) is 12.7 Å². The van der Waals surface area contributed by atoms with Crippen molar-refractivity contribution in [2.75, 3.05) is 19.8 Å². The summed E-state index contributed by atoms with van der Waals surface area (Å²) in [4.78, 5) is 11.1. The van der Waals surface area contributed by atoms with Crippen LogP contribution in [-0.2, 0) is 38.5 Å². The summed E-state index contributed by atoms with van der Waals surface area (Å²) < 4.78 is 17.2. The molecule has 0 N–H and O–H groups in total. The number of carbonyl (C=O) groups is 1. The van der Waals surface area contributed by atoms with E-state index in [-0.39, 0.29) is 30.7 Å². The Kier molecular flexibility index (Phi) is 6.83. The van der Waals surface area contributed by atoms with Gasteiger partial charge in [0.25, 0.3) is 0 Å². The van der Waals surface area contributed by atoms with Gasteiger partial charge in [-0.1, -0.05) is 13.3 Å². The van der Waals surface area contributed by atoms with Gasteiger partial charge in [-0.2, -0.15) is 0 Å². The van der Waals surface area contributed by atoms with Gasteiger partial charge in [0.2, 0.25) is 0 Å². The third kappa shape index (κ3) is 4.13. The molecule has 1 saturated carbocycles. The molecule has 0 bridgehead atoms. The molecule has 0 amide bonds. The second-order valence-electron chi connectivity index (χ2n) is 5.66. The third-order valence-corrected chi connectivity index (χ3v) is 4.30. The third-order valence-electron chi connectivity index (χ3n) is 4.30. The van der Waals surface area contributed by atoms with Gasteiger partial charge < -0.3 is 20.3 Å². The molecule has 1 aliphatic heterocycles. The summed E-state index contributed by atoms with van der Waals surface area (Å²) >= 11 is 0. The van der Waals surface area contributed by atoms with E-state index in [1.165, 1.54) is 19.3 Å². The fourth-order valence-electron chi connectivity index (χ4n) is 2.69. The molecule has 117 valence electrons. The summed E-state index contributed by atoms with van der Waals surface area (Å²) in [5.41, 5.74) is -0.227. The standard InChI is InChI=1S/C15H23O4.Rh/c1-3-13(16)17-10-14(4-2)11-18-15(19-12-14)8-6-5-7-9-15;/h1,4-12H2,2H3;/q-1;. The molecule has 1 heterocycles. The molecule has 2 aliphatic rings. The molecular formula is C15H23O4Rh-. The van der Waals surface area contributed by atoms with E-state index in [0.717, 1.165) is 19.3 Å². The minimum absolute atomic E-state index is 0. The summed E-state index contributed by atoms with van der Waals surface area (Å²) in [6.45, 7) is 6.83. The number of carbonyl (C=O) groups excluding carboxylic acids is 1. The van der Waals surface area contributed by atoms with Crippen molar-refractivity contribution in [3.63, 3.8) is 0 Å². The Hall–Kier alpha value is -0.247. The molecule has 0 aromatic heterocycles. The maximum atomic E-state index is 11.1. The molecule has 1 radical (unpaired) electrons. The Bertz CT molecular complexity index is 327. The molecule has 4 nitrogen and oxygen atoms in total. The minimum Gasteiger partial charge on any atom is -0.489 e. The van der Waals surface area contributed by atoms with Crippen molar-refractivity contribution in [2.45, 2.75) is 51.2 Å². The summed E-state index contributed by atoms with van der Waals surface area (Å²) in [6.07, 6.45) is 8.62. The maximum absolute atomic E-state index is 11.1. The van der Waals surface area contributed by atoms with Crippen molar-refractivity contribution in [1.82, 2.24) is 0 Å². The first-order valence-electron chi connectivity index (χ1n) is 7.11. The van der Waals surface area contributed by atoms with Crippen LogP contribution >= 0.6 is 0 Å². The molecule has 1 aliphatic carbocycles. The number of rotatable bonds is 4. The quantitative estimate of drug-likeness (QED) is 0.330. The van der Waals surface area contributed by atoms with E-state index >= 15 is 0 Å². The van der Waals surface area contributed by atoms with Crippen LogP contribution in [0.25, 0.3) is 0 Å². The van der Waals surface area contributed by atoms with Gasteiger partial charge in [0.05, 0.1) is 25.2 Å². The molecule has 5 heteroatoms. The average Bonchev–Trinajstić information content (AvgIpc) is 2.48. The monoisotopic (exact) mass is 370 g/mol. The molecule has 2 rings (SSSR count). The van der Waals surface area contributed by atoms with Crippen LogP contribution in [0, 0.1) is 11.5 Å². The van der Waals surface area contributed by atoms with Crippen LogP contribution < -0.4 is 0 Å². The molecule has 0 aromatic rings. The smallest absolute Gasteiger partial charge is 0.168 e. The van der Waals surface area contributed by atoms with E-state index in [9.17, 15) is 4.79 Å². The molecule has 1 saturated heterocycles. The van der Waals surface area contributed by atoms with E-state index in [0.29, 0.717) is 19.8 Å². The van der Waals surface area contributed by atoms with Crippen LogP contribution in [0.4, 0.5) is 0 Å². The molecule has 0 aromatic carbocycles. The zero-order chi connectivity index (χ0) is 13.8. The Labute approximate surface area is 134 Å². The number of hydrogen-bond donors (Lipinski definition) is 0. The summed E-state index contributed by atoms with van der Waals surface area (Å²) in [7, 11) is 0. The van der Waals surface area contributed by atoms with Gasteiger partial charge in [-0.15, -0.1) is 0 Å². The van der Waals surface area contributed by atoms with Crippen LogP contribution in [0.1, 0.15) is 45.4 Å². The fourth-order valence-corrected chi connectivity index (χ4v) is 2.69. The zero-order valence-electron chi connectivity index (χ0n) is 12.0. The molecule has 2 fully saturated rings. The van der Waals surface area contributed by atoms with Crippen molar-refractivity contribution in [1.29, 1.82) is 0 Å². The summed E-state index contributed by atoms with van der Waals surface area (Å²) in [5, 5.41) is 0. The predicted octanol–water partition coefficient (Wildman–Crippen LogP) is 2.62. The first kappa shape index (κ1) is 17.8. The summed E-state index contributed by atoms with van der Waals surface area (Å²) in [5.74, 6) is -0.878. The van der Waals surface area contributed by atoms with Gasteiger partial charge in [-0.25, -0.2) is 0 Å². The van der Waals surface area contributed by atoms with Crippen molar-refractivity contribution in [3.8, 4) is 0 Å². The average molecular weight is 370 g/mol. The van der Waals surface area contributed by atoms with Gasteiger partial charge in [0, 0.05) is 32.3 Å². The van der Waals surface area contributed by atoms with Gasteiger partial charge in [0.15, 0.2) is 5.79 Å². The van der Waals surface area contributed by atoms with Crippen LogP contribution in [0.15, 0.2) is 6.58 Å². The van der Waals surface area contributed by atoms with Gasteiger partial charge >= 0.3 is 0 Å². The number of ether oxygens (including phenoxy) is 3. The minimum atomic E-state index is -0.509. The zero-order valence-corrected chi connectivity index (χ0v) is 13.7. The topological polar surface area (TPSA) is 44.8 Å². The second-order valence-corrected chi connectivity index (χ2v) is 5.66. The van der Waals surface area contributed by atoms with E-state index in [1.54, 1.807) is 0 Å². The predicted molar refractivity (Wildman–Crippen MR) is 70.3 cm³/mol. The van der Waals surface area contributed by atoms with Gasteiger partial charge in [0.1, 0.15) is 5.97 Å². The van der Waals surface area contributed by atoms with Crippen molar-refractivity contribution < 1.29 is 38.5 Å². The Morgan fingerprint density at radius 2 is 1.85 bits per heavy atom. The number of hydrogen-bond acceptors (Lipinski definition) is 4. The molecule has 0 unspecified atom stereocenters. The summed E-state index contributed by atoms with van der Waals surface area (Å²) in [6, 6.07) is 0. The molecule has 0 atom stereocenters. The van der Waals surface area contributed by atoms with Crippen LogP contribution in [0.3, 0.4) is 0 Å². The normalized spacial score (nSPS) is 23.6. The van der Waals surface area contributed by atoms with Crippen molar-refractivity contribution in [2.24, 2.45) is 5.41 Å². The van der Waals surface area contributed by atoms with Crippen molar-refractivity contribution >= 4 is 5.97 Å². The second kappa shape index (κ2) is 7.67. The van der Waals surface area contributed by atoms with E-state index in [4.69, 9.17) is 14.2 Å². The van der Waals surface area contributed by atoms with E-state index in [2.05, 4.69) is 19.6 Å². The largest absolute Gasteiger partial charge is 0.489 e. The number of esters is 1. The van der Waals surface area contributed by atoms with Crippen LogP contribution in [0.2, 0.25) is 0 Å². The van der Waals surface area contributed by atoms with Crippen LogP contribution in [0.5, 0.6) is 0 Å². The van der Waals surface area contributed by atoms with E-state index in [1.807, 2.05) is 0 Å². The first-order chi connectivity index (χ1) is 9.14. The van der Waals surface area contributed by atoms with Crippen LogP contribution in [-0.4, -0.2) is 31.6 Å². The SMILES string of the molecule is C=[C-]C(=O)OCC1(CC)COC2(CCCCC2)OC1.[Rh]. The Morgan fingerprint density at radius 1 is 1.25 bits per heavy atom. The first-order valence-corrected chi connectivity index (χ1v) is 7.11. The molecule has 1 spiro atoms.